The predicted octanol–water partition coefficient (Wildman–Crippen LogP) is 3.48. The molecule has 0 spiro atoms. The number of nitrogens with zero attached hydrogens (tertiary/aromatic N) is 1. The van der Waals surface area contributed by atoms with Crippen LogP contribution in [0.15, 0.2) is 54.7 Å². The molecule has 1 aromatic heterocycles. The first-order chi connectivity index (χ1) is 10.2. The Morgan fingerprint density at radius 1 is 1.10 bits per heavy atom. The van der Waals surface area contributed by atoms with E-state index in [1.54, 1.807) is 16.7 Å². The molecule has 2 N–H and O–H groups in total. The van der Waals surface area contributed by atoms with Gasteiger partial charge in [-0.2, -0.15) is 0 Å². The van der Waals surface area contributed by atoms with E-state index >= 15 is 0 Å². The molecule has 106 valence electrons. The number of rotatable bonds is 3. The van der Waals surface area contributed by atoms with Gasteiger partial charge >= 0.3 is 0 Å². The number of hydrogen-bond acceptors (Lipinski definition) is 2. The van der Waals surface area contributed by atoms with E-state index < -0.39 is 0 Å². The molecule has 0 aliphatic carbocycles. The highest BCUT2D eigenvalue weighted by Crippen LogP contribution is 2.24. The number of carbonyl (C=O) groups excluding carboxylic acids is 1. The molecule has 0 aliphatic rings. The average Bonchev–Trinajstić information content (AvgIpc) is 2.87. The highest BCUT2D eigenvalue weighted by Gasteiger charge is 2.16. The van der Waals surface area contributed by atoms with Gasteiger partial charge in [0.05, 0.1) is 16.1 Å². The minimum atomic E-state index is -0.125. The summed E-state index contributed by atoms with van der Waals surface area (Å²) in [6, 6.07) is 14.9. The standard InChI is InChI=1S/C17H15ClN2O/c18-15-7-3-1-6-14(15)17(21)20-11-12(9-10-19)13-5-2-4-8-16(13)20/h1-8,11H,9-10,19H2. The van der Waals surface area contributed by atoms with Crippen molar-refractivity contribution >= 4 is 28.4 Å². The van der Waals surface area contributed by atoms with Crippen LogP contribution in [0.25, 0.3) is 10.9 Å². The molecule has 0 unspecified atom stereocenters. The largest absolute Gasteiger partial charge is 0.330 e. The monoisotopic (exact) mass is 298 g/mol. The van der Waals surface area contributed by atoms with Crippen LogP contribution in [0.1, 0.15) is 15.9 Å². The maximum Gasteiger partial charge on any atom is 0.263 e. The van der Waals surface area contributed by atoms with Crippen molar-refractivity contribution in [1.82, 2.24) is 4.57 Å². The maximum absolute atomic E-state index is 12.7. The molecule has 0 saturated carbocycles. The number of fused-ring (bicyclic) bond motifs is 1. The van der Waals surface area contributed by atoms with Gasteiger partial charge in [0.25, 0.3) is 5.91 Å². The number of benzene rings is 2. The topological polar surface area (TPSA) is 48.0 Å². The molecule has 0 radical (unpaired) electrons. The average molecular weight is 299 g/mol. The first kappa shape index (κ1) is 13.9. The van der Waals surface area contributed by atoms with Crippen molar-refractivity contribution in [2.75, 3.05) is 6.54 Å². The molecule has 0 saturated heterocycles. The van der Waals surface area contributed by atoms with Crippen LogP contribution >= 0.6 is 11.6 Å². The summed E-state index contributed by atoms with van der Waals surface area (Å²) in [7, 11) is 0. The molecule has 0 amide bonds. The third-order valence-corrected chi connectivity index (χ3v) is 3.86. The van der Waals surface area contributed by atoms with E-state index in [-0.39, 0.29) is 5.91 Å². The first-order valence-electron chi connectivity index (χ1n) is 6.80. The van der Waals surface area contributed by atoms with E-state index in [2.05, 4.69) is 0 Å². The fourth-order valence-electron chi connectivity index (χ4n) is 2.54. The van der Waals surface area contributed by atoms with E-state index in [4.69, 9.17) is 17.3 Å². The normalized spacial score (nSPS) is 11.0. The minimum absolute atomic E-state index is 0.125. The lowest BCUT2D eigenvalue weighted by Gasteiger charge is -2.05. The molecular weight excluding hydrogens is 284 g/mol. The molecule has 0 aliphatic heterocycles. The zero-order valence-corrected chi connectivity index (χ0v) is 12.2. The number of hydrogen-bond donors (Lipinski definition) is 1. The van der Waals surface area contributed by atoms with E-state index in [0.29, 0.717) is 17.1 Å². The lowest BCUT2D eigenvalue weighted by Crippen LogP contribution is -2.11. The second-order valence-corrected chi connectivity index (χ2v) is 5.27. The Hall–Kier alpha value is -2.10. The molecule has 0 bridgehead atoms. The number of nitrogens with two attached hydrogens (primary N) is 1. The van der Waals surface area contributed by atoms with E-state index in [1.165, 1.54) is 0 Å². The predicted molar refractivity (Wildman–Crippen MR) is 85.9 cm³/mol. The molecule has 0 fully saturated rings. The third-order valence-electron chi connectivity index (χ3n) is 3.53. The number of carbonyl (C=O) groups is 1. The van der Waals surface area contributed by atoms with Gasteiger partial charge in [-0.05, 0) is 36.7 Å². The Labute approximate surface area is 127 Å². The molecule has 4 heteroatoms. The van der Waals surface area contributed by atoms with Crippen LogP contribution in [0.4, 0.5) is 0 Å². The smallest absolute Gasteiger partial charge is 0.263 e. The van der Waals surface area contributed by atoms with Crippen molar-refractivity contribution < 1.29 is 4.79 Å². The lowest BCUT2D eigenvalue weighted by atomic mass is 10.1. The Kier molecular flexibility index (Phi) is 3.78. The Balaban J connectivity index is 2.17. The van der Waals surface area contributed by atoms with Crippen LogP contribution in [-0.2, 0) is 6.42 Å². The van der Waals surface area contributed by atoms with Crippen molar-refractivity contribution in [3.63, 3.8) is 0 Å². The second kappa shape index (κ2) is 5.72. The lowest BCUT2D eigenvalue weighted by molar-refractivity contribution is 0.0965. The molecule has 0 atom stereocenters. The highest BCUT2D eigenvalue weighted by atomic mass is 35.5. The van der Waals surface area contributed by atoms with Gasteiger partial charge in [0.1, 0.15) is 0 Å². The number of para-hydroxylation sites is 1. The molecule has 1 heterocycles. The van der Waals surface area contributed by atoms with Crippen molar-refractivity contribution in [3.05, 3.63) is 70.9 Å². The summed E-state index contributed by atoms with van der Waals surface area (Å²) < 4.78 is 1.65. The second-order valence-electron chi connectivity index (χ2n) is 4.87. The zero-order chi connectivity index (χ0) is 14.8. The van der Waals surface area contributed by atoms with Crippen LogP contribution in [0, 0.1) is 0 Å². The molecule has 2 aromatic carbocycles. The third kappa shape index (κ3) is 2.46. The summed E-state index contributed by atoms with van der Waals surface area (Å²) in [5, 5.41) is 1.52. The van der Waals surface area contributed by atoms with Crippen molar-refractivity contribution in [2.45, 2.75) is 6.42 Å². The van der Waals surface area contributed by atoms with Gasteiger partial charge in [0.15, 0.2) is 0 Å². The summed E-state index contributed by atoms with van der Waals surface area (Å²) in [5.41, 5.74) is 8.11. The summed E-state index contributed by atoms with van der Waals surface area (Å²) in [4.78, 5) is 12.7. The first-order valence-corrected chi connectivity index (χ1v) is 7.18. The Morgan fingerprint density at radius 2 is 1.81 bits per heavy atom. The quantitative estimate of drug-likeness (QED) is 0.804. The Morgan fingerprint density at radius 3 is 2.57 bits per heavy atom. The SMILES string of the molecule is NCCc1cn(C(=O)c2ccccc2Cl)c2ccccc12. The minimum Gasteiger partial charge on any atom is -0.330 e. The molecule has 3 rings (SSSR count). The van der Waals surface area contributed by atoms with Crippen LogP contribution in [-0.4, -0.2) is 17.0 Å². The van der Waals surface area contributed by atoms with Gasteiger partial charge < -0.3 is 5.73 Å². The van der Waals surface area contributed by atoms with Crippen LogP contribution in [0.5, 0.6) is 0 Å². The van der Waals surface area contributed by atoms with Crippen LogP contribution in [0.3, 0.4) is 0 Å². The fraction of sp³-hybridized carbons (Fsp3) is 0.118. The summed E-state index contributed by atoms with van der Waals surface area (Å²) in [5.74, 6) is -0.125. The van der Waals surface area contributed by atoms with E-state index in [9.17, 15) is 4.79 Å². The van der Waals surface area contributed by atoms with Crippen molar-refractivity contribution in [3.8, 4) is 0 Å². The fourth-order valence-corrected chi connectivity index (χ4v) is 2.75. The van der Waals surface area contributed by atoms with Gasteiger partial charge in [0.2, 0.25) is 0 Å². The van der Waals surface area contributed by atoms with Gasteiger partial charge in [-0.1, -0.05) is 41.9 Å². The summed E-state index contributed by atoms with van der Waals surface area (Å²) >= 11 is 6.13. The van der Waals surface area contributed by atoms with Crippen molar-refractivity contribution in [1.29, 1.82) is 0 Å². The highest BCUT2D eigenvalue weighted by molar-refractivity contribution is 6.34. The Bertz CT molecular complexity index is 807. The summed E-state index contributed by atoms with van der Waals surface area (Å²) in [6.07, 6.45) is 2.60. The van der Waals surface area contributed by atoms with Crippen LogP contribution in [0.2, 0.25) is 5.02 Å². The molecule has 21 heavy (non-hydrogen) atoms. The molecular formula is C17H15ClN2O. The van der Waals surface area contributed by atoms with Gasteiger partial charge in [-0.15, -0.1) is 0 Å². The van der Waals surface area contributed by atoms with Crippen molar-refractivity contribution in [2.24, 2.45) is 5.73 Å². The van der Waals surface area contributed by atoms with Crippen LogP contribution < -0.4 is 5.73 Å². The molecule has 3 nitrogen and oxygen atoms in total. The van der Waals surface area contributed by atoms with E-state index in [0.717, 1.165) is 22.9 Å². The van der Waals surface area contributed by atoms with Gasteiger partial charge in [0, 0.05) is 11.6 Å². The maximum atomic E-state index is 12.7. The van der Waals surface area contributed by atoms with E-state index in [1.807, 2.05) is 42.6 Å². The summed E-state index contributed by atoms with van der Waals surface area (Å²) in [6.45, 7) is 0.550. The molecule has 3 aromatic rings. The zero-order valence-electron chi connectivity index (χ0n) is 11.4. The van der Waals surface area contributed by atoms with Gasteiger partial charge in [-0.3, -0.25) is 9.36 Å². The number of halogens is 1. The number of aromatic nitrogens is 1. The van der Waals surface area contributed by atoms with Gasteiger partial charge in [-0.25, -0.2) is 0 Å².